The Bertz CT molecular complexity index is 265. The Kier molecular flexibility index (Phi) is 4.86. The third-order valence-electron chi connectivity index (χ3n) is 1.63. The zero-order chi connectivity index (χ0) is 10.4. The van der Waals surface area contributed by atoms with Gasteiger partial charge in [-0.05, 0) is 7.05 Å². The zero-order valence-corrected chi connectivity index (χ0v) is 9.21. The lowest BCUT2D eigenvalue weighted by Gasteiger charge is -2.05. The van der Waals surface area contributed by atoms with Crippen molar-refractivity contribution < 1.29 is 5.11 Å². The average Bonchev–Trinajstić information content (AvgIpc) is 2.21. The summed E-state index contributed by atoms with van der Waals surface area (Å²) in [4.78, 5) is 8.37. The van der Waals surface area contributed by atoms with Crippen molar-refractivity contribution in [3.63, 3.8) is 0 Å². The highest BCUT2D eigenvalue weighted by atomic mass is 32.2. The molecule has 0 saturated carbocycles. The van der Waals surface area contributed by atoms with E-state index < -0.39 is 0 Å². The van der Waals surface area contributed by atoms with E-state index >= 15 is 0 Å². The summed E-state index contributed by atoms with van der Waals surface area (Å²) in [5.41, 5.74) is 1.06. The van der Waals surface area contributed by atoms with Crippen molar-refractivity contribution >= 4 is 11.8 Å². The fourth-order valence-corrected chi connectivity index (χ4v) is 1.58. The van der Waals surface area contributed by atoms with Crippen molar-refractivity contribution in [1.82, 2.24) is 15.3 Å². The van der Waals surface area contributed by atoms with Crippen LogP contribution in [-0.2, 0) is 6.54 Å². The van der Waals surface area contributed by atoms with Gasteiger partial charge in [-0.1, -0.05) is 18.7 Å². The number of rotatable bonds is 5. The summed E-state index contributed by atoms with van der Waals surface area (Å²) >= 11 is 1.48. The highest BCUT2D eigenvalue weighted by Crippen LogP contribution is 2.17. The molecule has 2 N–H and O–H groups in total. The molecule has 0 aliphatic heterocycles. The van der Waals surface area contributed by atoms with Crippen LogP contribution in [0.2, 0.25) is 0 Å². The predicted octanol–water partition coefficient (Wildman–Crippen LogP) is 0.669. The van der Waals surface area contributed by atoms with E-state index in [1.165, 1.54) is 11.8 Å². The maximum atomic E-state index is 8.85. The summed E-state index contributed by atoms with van der Waals surface area (Å²) in [5.74, 6) is 0. The molecule has 0 bridgehead atoms. The van der Waals surface area contributed by atoms with Crippen LogP contribution in [-0.4, -0.2) is 34.0 Å². The lowest BCUT2D eigenvalue weighted by Crippen LogP contribution is -2.07. The molecular formula is C9H15N3OS. The normalized spacial score (nSPS) is 12.8. The maximum absolute atomic E-state index is 8.85. The summed E-state index contributed by atoms with van der Waals surface area (Å²) in [6.45, 7) is 2.86. The number of nitrogens with one attached hydrogen (secondary N) is 1. The highest BCUT2D eigenvalue weighted by molar-refractivity contribution is 7.99. The molecule has 1 atom stereocenters. The minimum absolute atomic E-state index is 0.144. The standard InChI is InChI=1S/C9H15N3OS/c1-7(6-13)14-9-11-4-8(3-10-2)5-12-9/h4-5,7,10,13H,3,6H2,1-2H3. The van der Waals surface area contributed by atoms with E-state index in [1.54, 1.807) is 12.4 Å². The quantitative estimate of drug-likeness (QED) is 0.556. The Morgan fingerprint density at radius 2 is 2.14 bits per heavy atom. The summed E-state index contributed by atoms with van der Waals surface area (Å²) in [5, 5.41) is 12.7. The van der Waals surface area contributed by atoms with Gasteiger partial charge in [0, 0.05) is 29.8 Å². The van der Waals surface area contributed by atoms with Crippen LogP contribution in [0.3, 0.4) is 0 Å². The SMILES string of the molecule is CNCc1cnc(SC(C)CO)nc1. The van der Waals surface area contributed by atoms with Crippen LogP contribution in [0, 0.1) is 0 Å². The van der Waals surface area contributed by atoms with Crippen molar-refractivity contribution in [1.29, 1.82) is 0 Å². The number of nitrogens with zero attached hydrogens (tertiary/aromatic N) is 2. The van der Waals surface area contributed by atoms with Gasteiger partial charge in [-0.25, -0.2) is 9.97 Å². The first-order valence-electron chi connectivity index (χ1n) is 4.49. The van der Waals surface area contributed by atoms with Gasteiger partial charge in [-0.15, -0.1) is 0 Å². The molecule has 78 valence electrons. The smallest absolute Gasteiger partial charge is 0.187 e. The monoisotopic (exact) mass is 213 g/mol. The Labute approximate surface area is 88.2 Å². The second-order valence-corrected chi connectivity index (χ2v) is 4.42. The third-order valence-corrected chi connectivity index (χ3v) is 2.60. The summed E-state index contributed by atoms with van der Waals surface area (Å²) < 4.78 is 0. The van der Waals surface area contributed by atoms with Crippen LogP contribution >= 0.6 is 11.8 Å². The lowest BCUT2D eigenvalue weighted by atomic mass is 10.3. The van der Waals surface area contributed by atoms with Crippen molar-refractivity contribution in [2.45, 2.75) is 23.9 Å². The largest absolute Gasteiger partial charge is 0.395 e. The molecule has 0 aliphatic carbocycles. The van der Waals surface area contributed by atoms with E-state index in [0.717, 1.165) is 12.1 Å². The molecule has 1 unspecified atom stereocenters. The molecule has 0 radical (unpaired) electrons. The molecule has 1 rings (SSSR count). The summed E-state index contributed by atoms with van der Waals surface area (Å²) in [6, 6.07) is 0. The minimum Gasteiger partial charge on any atom is -0.395 e. The minimum atomic E-state index is 0.144. The predicted molar refractivity (Wildman–Crippen MR) is 57.2 cm³/mol. The van der Waals surface area contributed by atoms with Gasteiger partial charge in [-0.3, -0.25) is 0 Å². The van der Waals surface area contributed by atoms with E-state index in [4.69, 9.17) is 5.11 Å². The first-order valence-corrected chi connectivity index (χ1v) is 5.37. The molecular weight excluding hydrogens is 198 g/mol. The topological polar surface area (TPSA) is 58.0 Å². The van der Waals surface area contributed by atoms with Crippen LogP contribution in [0.4, 0.5) is 0 Å². The second kappa shape index (κ2) is 5.95. The van der Waals surface area contributed by atoms with Crippen LogP contribution in [0.25, 0.3) is 0 Å². The van der Waals surface area contributed by atoms with Gasteiger partial charge < -0.3 is 10.4 Å². The molecule has 0 spiro atoms. The van der Waals surface area contributed by atoms with E-state index in [-0.39, 0.29) is 11.9 Å². The third kappa shape index (κ3) is 3.61. The number of thioether (sulfide) groups is 1. The van der Waals surface area contributed by atoms with Gasteiger partial charge in [0.05, 0.1) is 6.61 Å². The fourth-order valence-electron chi connectivity index (χ4n) is 0.916. The van der Waals surface area contributed by atoms with Crippen LogP contribution in [0.5, 0.6) is 0 Å². The molecule has 0 aromatic carbocycles. The first-order chi connectivity index (χ1) is 6.76. The molecule has 5 heteroatoms. The zero-order valence-electron chi connectivity index (χ0n) is 8.40. The molecule has 1 aromatic heterocycles. The Hall–Kier alpha value is -0.650. The number of hydrogen-bond donors (Lipinski definition) is 2. The van der Waals surface area contributed by atoms with E-state index in [9.17, 15) is 0 Å². The molecule has 0 saturated heterocycles. The van der Waals surface area contributed by atoms with Gasteiger partial charge in [-0.2, -0.15) is 0 Å². The van der Waals surface area contributed by atoms with Crippen molar-refractivity contribution in [2.75, 3.05) is 13.7 Å². The Balaban J connectivity index is 2.54. The maximum Gasteiger partial charge on any atom is 0.187 e. The van der Waals surface area contributed by atoms with Crippen LogP contribution in [0.1, 0.15) is 12.5 Å². The molecule has 4 nitrogen and oxygen atoms in total. The molecule has 1 heterocycles. The average molecular weight is 213 g/mol. The van der Waals surface area contributed by atoms with Gasteiger partial charge >= 0.3 is 0 Å². The molecule has 0 aliphatic rings. The van der Waals surface area contributed by atoms with Crippen LogP contribution < -0.4 is 5.32 Å². The number of aliphatic hydroxyl groups excluding tert-OH is 1. The Morgan fingerprint density at radius 3 is 2.64 bits per heavy atom. The highest BCUT2D eigenvalue weighted by Gasteiger charge is 2.04. The van der Waals surface area contributed by atoms with E-state index in [2.05, 4.69) is 15.3 Å². The van der Waals surface area contributed by atoms with Gasteiger partial charge in [0.25, 0.3) is 0 Å². The lowest BCUT2D eigenvalue weighted by molar-refractivity contribution is 0.300. The molecule has 1 aromatic rings. The summed E-state index contributed by atoms with van der Waals surface area (Å²) in [6.07, 6.45) is 3.60. The molecule has 14 heavy (non-hydrogen) atoms. The number of aliphatic hydroxyl groups is 1. The van der Waals surface area contributed by atoms with Crippen molar-refractivity contribution in [2.24, 2.45) is 0 Å². The molecule has 0 fully saturated rings. The van der Waals surface area contributed by atoms with Gasteiger partial charge in [0.2, 0.25) is 0 Å². The number of aromatic nitrogens is 2. The van der Waals surface area contributed by atoms with Gasteiger partial charge in [0.15, 0.2) is 5.16 Å². The van der Waals surface area contributed by atoms with Crippen molar-refractivity contribution in [3.05, 3.63) is 18.0 Å². The van der Waals surface area contributed by atoms with E-state index in [1.807, 2.05) is 14.0 Å². The van der Waals surface area contributed by atoms with Crippen molar-refractivity contribution in [3.8, 4) is 0 Å². The van der Waals surface area contributed by atoms with Crippen LogP contribution in [0.15, 0.2) is 17.6 Å². The fraction of sp³-hybridized carbons (Fsp3) is 0.556. The second-order valence-electron chi connectivity index (χ2n) is 3.02. The first kappa shape index (κ1) is 11.4. The Morgan fingerprint density at radius 1 is 1.50 bits per heavy atom. The summed E-state index contributed by atoms with van der Waals surface area (Å²) in [7, 11) is 1.89. The molecule has 0 amide bonds. The number of hydrogen-bond acceptors (Lipinski definition) is 5. The van der Waals surface area contributed by atoms with E-state index in [0.29, 0.717) is 5.16 Å². The van der Waals surface area contributed by atoms with Gasteiger partial charge in [0.1, 0.15) is 0 Å².